The van der Waals surface area contributed by atoms with Crippen molar-refractivity contribution < 1.29 is 81.2 Å². The van der Waals surface area contributed by atoms with E-state index in [2.05, 4.69) is 15.3 Å². The zero-order chi connectivity index (χ0) is 18.0. The first-order valence-corrected chi connectivity index (χ1v) is 9.23. The van der Waals surface area contributed by atoms with Crippen molar-refractivity contribution >= 4 is 47.1 Å². The molecule has 2 amide bonds. The molecule has 1 saturated heterocycles. The summed E-state index contributed by atoms with van der Waals surface area (Å²) < 4.78 is 0. The third-order valence-electron chi connectivity index (χ3n) is 3.74. The minimum Gasteiger partial charge on any atom is -0.543 e. The van der Waals surface area contributed by atoms with Crippen LogP contribution < -0.4 is 61.8 Å². The van der Waals surface area contributed by atoms with E-state index in [9.17, 15) is 19.5 Å². The maximum Gasteiger partial charge on any atom is 1.00 e. The molecule has 3 heterocycles. The standard InChI is InChI=1S/C15H15N3O5S2.K.H2O/c1-23-16-6-8-7-25-14-11(13(20)18(14)12(8)15(21)22)17-10(19)5-9-3-2-4-24-9;;/h2-4,6,11,14H,5,7H2,1H3,(H,17,19)(H,21,22);;1H2/q;+1;/p-1/t11-,14+;;/m1../s1. The molecule has 0 radical (unpaired) electrons. The van der Waals surface area contributed by atoms with Gasteiger partial charge in [0.25, 0.3) is 5.91 Å². The number of amides is 2. The van der Waals surface area contributed by atoms with Gasteiger partial charge in [0.15, 0.2) is 0 Å². The first-order valence-electron chi connectivity index (χ1n) is 7.30. The number of fused-ring (bicyclic) bond motifs is 1. The maximum atomic E-state index is 12.4. The number of carboxylic acid groups (broad SMARTS) is 1. The Balaban J connectivity index is 0.00000182. The van der Waals surface area contributed by atoms with Crippen molar-refractivity contribution in [2.45, 2.75) is 17.8 Å². The van der Waals surface area contributed by atoms with E-state index in [1.165, 1.54) is 36.4 Å². The van der Waals surface area contributed by atoms with Gasteiger partial charge in [0.2, 0.25) is 5.91 Å². The van der Waals surface area contributed by atoms with E-state index in [1.807, 2.05) is 17.5 Å². The van der Waals surface area contributed by atoms with Crippen molar-refractivity contribution in [1.82, 2.24) is 10.2 Å². The molecule has 0 spiro atoms. The predicted octanol–water partition coefficient (Wildman–Crippen LogP) is -4.49. The van der Waals surface area contributed by atoms with E-state index in [0.717, 1.165) is 9.78 Å². The molecule has 27 heavy (non-hydrogen) atoms. The number of rotatable bonds is 6. The summed E-state index contributed by atoms with van der Waals surface area (Å²) >= 11 is 2.81. The number of thioether (sulfide) groups is 1. The van der Waals surface area contributed by atoms with Crippen molar-refractivity contribution in [3.63, 3.8) is 0 Å². The third kappa shape index (κ3) is 5.20. The SMILES string of the molecule is CON=CC1=C(C(=O)[O-])N2C(=O)[C@@H](NC(=O)Cc3cccs3)[C@@H]2SC1.O.[K+]. The maximum absolute atomic E-state index is 12.4. The molecular weight excluding hydrogens is 421 g/mol. The topological polar surface area (TPSA) is 143 Å². The fourth-order valence-electron chi connectivity index (χ4n) is 2.64. The number of oxime groups is 1. The Morgan fingerprint density at radius 2 is 2.26 bits per heavy atom. The Hall–Kier alpha value is -0.734. The molecule has 3 rings (SSSR count). The first-order chi connectivity index (χ1) is 12.0. The second-order valence-electron chi connectivity index (χ2n) is 5.29. The molecule has 2 atom stereocenters. The molecule has 0 aliphatic carbocycles. The van der Waals surface area contributed by atoms with Gasteiger partial charge in [-0.1, -0.05) is 11.2 Å². The smallest absolute Gasteiger partial charge is 0.543 e. The van der Waals surface area contributed by atoms with Crippen LogP contribution in [0.15, 0.2) is 33.9 Å². The van der Waals surface area contributed by atoms with Gasteiger partial charge in [-0.3, -0.25) is 14.5 Å². The number of nitrogens with zero attached hydrogens (tertiary/aromatic N) is 2. The molecule has 2 aliphatic rings. The molecule has 0 aromatic carbocycles. The van der Waals surface area contributed by atoms with Gasteiger partial charge < -0.3 is 25.5 Å². The van der Waals surface area contributed by atoms with Gasteiger partial charge in [0.1, 0.15) is 18.5 Å². The van der Waals surface area contributed by atoms with Crippen LogP contribution >= 0.6 is 23.1 Å². The quantitative estimate of drug-likeness (QED) is 0.206. The summed E-state index contributed by atoms with van der Waals surface area (Å²) in [6, 6.07) is 2.95. The molecule has 1 aromatic rings. The molecule has 0 bridgehead atoms. The van der Waals surface area contributed by atoms with Gasteiger partial charge >= 0.3 is 51.4 Å². The van der Waals surface area contributed by atoms with Gasteiger partial charge in [-0.25, -0.2) is 0 Å². The van der Waals surface area contributed by atoms with Crippen LogP contribution in [0.3, 0.4) is 0 Å². The number of β-lactam (4-membered cyclic amide) rings is 1. The van der Waals surface area contributed by atoms with E-state index in [-0.39, 0.29) is 74.9 Å². The van der Waals surface area contributed by atoms with E-state index in [0.29, 0.717) is 11.3 Å². The van der Waals surface area contributed by atoms with Crippen LogP contribution in [0.2, 0.25) is 0 Å². The van der Waals surface area contributed by atoms with Crippen LogP contribution in [0.5, 0.6) is 0 Å². The second kappa shape index (κ2) is 10.7. The molecule has 12 heteroatoms. The minimum atomic E-state index is -1.46. The van der Waals surface area contributed by atoms with Crippen LogP contribution in [0, 0.1) is 0 Å². The number of thiophene rings is 1. The molecule has 9 nitrogen and oxygen atoms in total. The summed E-state index contributed by atoms with van der Waals surface area (Å²) in [5.74, 6) is -1.88. The predicted molar refractivity (Wildman–Crippen MR) is 94.2 cm³/mol. The van der Waals surface area contributed by atoms with E-state index in [1.54, 1.807) is 0 Å². The number of hydrogen-bond donors (Lipinski definition) is 1. The Morgan fingerprint density at radius 1 is 1.52 bits per heavy atom. The molecule has 1 aromatic heterocycles. The molecule has 0 unspecified atom stereocenters. The Kier molecular flexibility index (Phi) is 9.64. The van der Waals surface area contributed by atoms with Crippen LogP contribution in [-0.2, 0) is 25.6 Å². The van der Waals surface area contributed by atoms with Crippen molar-refractivity contribution in [1.29, 1.82) is 0 Å². The van der Waals surface area contributed by atoms with E-state index >= 15 is 0 Å². The van der Waals surface area contributed by atoms with E-state index in [4.69, 9.17) is 0 Å². The summed E-state index contributed by atoms with van der Waals surface area (Å²) in [7, 11) is 1.34. The fourth-order valence-corrected chi connectivity index (χ4v) is 4.64. The number of carbonyl (C=O) groups is 3. The first kappa shape index (κ1) is 24.3. The molecule has 2 aliphatic heterocycles. The number of nitrogens with one attached hydrogen (secondary N) is 1. The van der Waals surface area contributed by atoms with Gasteiger partial charge in [0.05, 0.1) is 24.3 Å². The summed E-state index contributed by atoms with van der Waals surface area (Å²) in [4.78, 5) is 42.5. The van der Waals surface area contributed by atoms with Crippen LogP contribution in [0.25, 0.3) is 0 Å². The third-order valence-corrected chi connectivity index (χ3v) is 5.92. The second-order valence-corrected chi connectivity index (χ2v) is 7.43. The average Bonchev–Trinajstić information content (AvgIpc) is 3.09. The molecular formula is C15H16KN3O6S2. The largest absolute Gasteiger partial charge is 1.00 e. The summed E-state index contributed by atoms with van der Waals surface area (Å²) in [5, 5.41) is 19.1. The number of carbonyl (C=O) groups excluding carboxylic acids is 3. The van der Waals surface area contributed by atoms with E-state index < -0.39 is 23.3 Å². The Morgan fingerprint density at radius 3 is 2.85 bits per heavy atom. The zero-order valence-electron chi connectivity index (χ0n) is 14.6. The normalized spacial score (nSPS) is 20.9. The molecule has 0 saturated carbocycles. The fraction of sp³-hybridized carbons (Fsp3) is 0.333. The number of aliphatic carboxylic acids is 1. The van der Waals surface area contributed by atoms with Crippen molar-refractivity contribution in [3.05, 3.63) is 33.7 Å². The van der Waals surface area contributed by atoms with Crippen molar-refractivity contribution in [2.24, 2.45) is 5.16 Å². The van der Waals surface area contributed by atoms with Crippen LogP contribution in [-0.4, -0.2) is 58.7 Å². The van der Waals surface area contributed by atoms with Crippen LogP contribution in [0.4, 0.5) is 0 Å². The summed E-state index contributed by atoms with van der Waals surface area (Å²) in [6.45, 7) is 0. The molecule has 140 valence electrons. The monoisotopic (exact) mass is 437 g/mol. The summed E-state index contributed by atoms with van der Waals surface area (Å²) in [6.07, 6.45) is 1.44. The van der Waals surface area contributed by atoms with Gasteiger partial charge in [-0.05, 0) is 11.4 Å². The average molecular weight is 438 g/mol. The molecule has 3 N–H and O–H groups in total. The Bertz CT molecular complexity index is 768. The Labute approximate surface area is 205 Å². The van der Waals surface area contributed by atoms with Gasteiger partial charge in [-0.15, -0.1) is 23.1 Å². The number of carboxylic acids is 1. The summed E-state index contributed by atoms with van der Waals surface area (Å²) in [5.41, 5.74) is 0.109. The number of hydrogen-bond acceptors (Lipinski definition) is 8. The van der Waals surface area contributed by atoms with Gasteiger partial charge in [0, 0.05) is 16.2 Å². The van der Waals surface area contributed by atoms with Crippen LogP contribution in [0.1, 0.15) is 4.88 Å². The zero-order valence-corrected chi connectivity index (χ0v) is 19.4. The molecule has 1 fully saturated rings. The minimum absolute atomic E-state index is 0. The van der Waals surface area contributed by atoms with Crippen molar-refractivity contribution in [2.75, 3.05) is 12.9 Å². The van der Waals surface area contributed by atoms with Crippen molar-refractivity contribution in [3.8, 4) is 0 Å². The van der Waals surface area contributed by atoms with Gasteiger partial charge in [-0.2, -0.15) is 0 Å².